The van der Waals surface area contributed by atoms with E-state index in [1.807, 2.05) is 23.1 Å². The van der Waals surface area contributed by atoms with Gasteiger partial charge in [0.1, 0.15) is 11.5 Å². The van der Waals surface area contributed by atoms with Crippen molar-refractivity contribution in [2.45, 2.75) is 25.3 Å². The molecule has 2 heterocycles. The zero-order chi connectivity index (χ0) is 15.5. The van der Waals surface area contributed by atoms with Gasteiger partial charge < -0.3 is 19.1 Å². The average molecular weight is 305 g/mol. The number of rotatable bonds is 4. The highest BCUT2D eigenvalue weighted by Gasteiger charge is 2.36. The second-order valence-electron chi connectivity index (χ2n) is 5.86. The molecule has 2 saturated heterocycles. The Kier molecular flexibility index (Phi) is 4.52. The number of nitrogens with zero attached hydrogens (tertiary/aromatic N) is 1. The van der Waals surface area contributed by atoms with Crippen molar-refractivity contribution in [2.75, 3.05) is 34.0 Å². The molecule has 22 heavy (non-hydrogen) atoms. The van der Waals surface area contributed by atoms with Crippen LogP contribution in [0.2, 0.25) is 0 Å². The molecular formula is C17H23NO4. The van der Waals surface area contributed by atoms with Crippen LogP contribution in [0.3, 0.4) is 0 Å². The van der Waals surface area contributed by atoms with E-state index in [1.165, 1.54) is 0 Å². The van der Waals surface area contributed by atoms with Crippen LogP contribution in [-0.4, -0.2) is 44.8 Å². The molecular weight excluding hydrogens is 282 g/mol. The Balaban J connectivity index is 1.84. The summed E-state index contributed by atoms with van der Waals surface area (Å²) in [5.41, 5.74) is 1.06. The first-order valence-electron chi connectivity index (χ1n) is 7.84. The van der Waals surface area contributed by atoms with E-state index >= 15 is 0 Å². The van der Waals surface area contributed by atoms with Crippen LogP contribution in [0, 0.1) is 5.92 Å². The first kappa shape index (κ1) is 15.2. The summed E-state index contributed by atoms with van der Waals surface area (Å²) in [4.78, 5) is 14.7. The van der Waals surface area contributed by atoms with Gasteiger partial charge in [-0.05, 0) is 31.4 Å². The molecule has 0 bridgehead atoms. The fourth-order valence-electron chi connectivity index (χ4n) is 3.41. The smallest absolute Gasteiger partial charge is 0.228 e. The lowest BCUT2D eigenvalue weighted by atomic mass is 10.0. The third kappa shape index (κ3) is 2.77. The van der Waals surface area contributed by atoms with Crippen molar-refractivity contribution in [3.05, 3.63) is 23.8 Å². The zero-order valence-electron chi connectivity index (χ0n) is 13.2. The summed E-state index contributed by atoms with van der Waals surface area (Å²) in [6.45, 7) is 2.07. The van der Waals surface area contributed by atoms with Gasteiger partial charge in [-0.15, -0.1) is 0 Å². The fourth-order valence-corrected chi connectivity index (χ4v) is 3.41. The van der Waals surface area contributed by atoms with Crippen LogP contribution >= 0.6 is 0 Å². The van der Waals surface area contributed by atoms with Crippen molar-refractivity contribution in [3.63, 3.8) is 0 Å². The summed E-state index contributed by atoms with van der Waals surface area (Å²) in [6.07, 6.45) is 2.84. The van der Waals surface area contributed by atoms with E-state index in [2.05, 4.69) is 0 Å². The van der Waals surface area contributed by atoms with Gasteiger partial charge in [0.15, 0.2) is 0 Å². The molecule has 120 valence electrons. The first-order valence-corrected chi connectivity index (χ1v) is 7.84. The molecule has 0 unspecified atom stereocenters. The van der Waals surface area contributed by atoms with Crippen LogP contribution in [0.15, 0.2) is 18.2 Å². The van der Waals surface area contributed by atoms with Crippen molar-refractivity contribution in [2.24, 2.45) is 5.92 Å². The fraction of sp³-hybridized carbons (Fsp3) is 0.588. The Hall–Kier alpha value is -1.75. The molecule has 1 amide bonds. The monoisotopic (exact) mass is 305 g/mol. The molecule has 0 N–H and O–H groups in total. The first-order chi connectivity index (χ1) is 10.7. The van der Waals surface area contributed by atoms with Gasteiger partial charge in [0.2, 0.25) is 5.91 Å². The van der Waals surface area contributed by atoms with Crippen molar-refractivity contribution < 1.29 is 19.0 Å². The number of carbonyl (C=O) groups is 1. The van der Waals surface area contributed by atoms with Crippen LogP contribution in [-0.2, 0) is 9.53 Å². The lowest BCUT2D eigenvalue weighted by Gasteiger charge is -2.28. The number of hydrogen-bond acceptors (Lipinski definition) is 4. The minimum atomic E-state index is 0.0184. The molecule has 0 radical (unpaired) electrons. The van der Waals surface area contributed by atoms with E-state index in [1.54, 1.807) is 14.2 Å². The quantitative estimate of drug-likeness (QED) is 0.857. The van der Waals surface area contributed by atoms with Crippen LogP contribution < -0.4 is 9.47 Å². The molecule has 5 nitrogen and oxygen atoms in total. The molecule has 0 aromatic heterocycles. The predicted molar refractivity (Wildman–Crippen MR) is 82.2 cm³/mol. The van der Waals surface area contributed by atoms with Crippen LogP contribution in [0.25, 0.3) is 0 Å². The van der Waals surface area contributed by atoms with E-state index in [0.29, 0.717) is 13.2 Å². The summed E-state index contributed by atoms with van der Waals surface area (Å²) in [6, 6.07) is 5.92. The van der Waals surface area contributed by atoms with E-state index in [-0.39, 0.29) is 17.9 Å². The van der Waals surface area contributed by atoms with Crippen molar-refractivity contribution in [1.82, 2.24) is 4.90 Å². The Labute approximate surface area is 131 Å². The maximum Gasteiger partial charge on any atom is 0.228 e. The highest BCUT2D eigenvalue weighted by molar-refractivity contribution is 5.80. The summed E-state index contributed by atoms with van der Waals surface area (Å²) in [7, 11) is 3.30. The van der Waals surface area contributed by atoms with Gasteiger partial charge >= 0.3 is 0 Å². The molecule has 2 atom stereocenters. The number of carbonyl (C=O) groups excluding carboxylic acids is 1. The number of benzene rings is 1. The van der Waals surface area contributed by atoms with Gasteiger partial charge in [0, 0.05) is 24.8 Å². The molecule has 3 rings (SSSR count). The average Bonchev–Trinajstić information content (AvgIpc) is 3.24. The maximum absolute atomic E-state index is 12.7. The van der Waals surface area contributed by atoms with Gasteiger partial charge in [-0.3, -0.25) is 4.79 Å². The van der Waals surface area contributed by atoms with Crippen LogP contribution in [0.1, 0.15) is 30.9 Å². The number of hydrogen-bond donors (Lipinski definition) is 0. The summed E-state index contributed by atoms with van der Waals surface area (Å²) in [5, 5.41) is 0. The molecule has 1 aromatic rings. The number of ether oxygens (including phenoxy) is 3. The largest absolute Gasteiger partial charge is 0.497 e. The summed E-state index contributed by atoms with van der Waals surface area (Å²) < 4.78 is 16.1. The topological polar surface area (TPSA) is 48.0 Å². The standard InChI is InChI=1S/C17H23NO4/c1-20-13-5-6-14(16(10-13)21-2)15-4-3-8-18(15)17(19)12-7-9-22-11-12/h5-6,10,12,15H,3-4,7-9,11H2,1-2H3/t12-,15+/m1/s1. The predicted octanol–water partition coefficient (Wildman–Crippen LogP) is 2.40. The number of methoxy groups -OCH3 is 2. The van der Waals surface area contributed by atoms with E-state index < -0.39 is 0 Å². The summed E-state index contributed by atoms with van der Waals surface area (Å²) in [5.74, 6) is 1.79. The van der Waals surface area contributed by atoms with E-state index in [0.717, 1.165) is 42.9 Å². The Morgan fingerprint density at radius 3 is 2.82 bits per heavy atom. The van der Waals surface area contributed by atoms with Crippen molar-refractivity contribution in [1.29, 1.82) is 0 Å². The molecule has 0 spiro atoms. The minimum absolute atomic E-state index is 0.0184. The number of likely N-dealkylation sites (tertiary alicyclic amines) is 1. The SMILES string of the molecule is COc1ccc([C@@H]2CCCN2C(=O)[C@@H]2CCOC2)c(OC)c1. The lowest BCUT2D eigenvalue weighted by molar-refractivity contribution is -0.136. The molecule has 0 saturated carbocycles. The molecule has 2 aliphatic rings. The second kappa shape index (κ2) is 6.57. The third-order valence-corrected chi connectivity index (χ3v) is 4.61. The normalized spacial score (nSPS) is 24.5. The van der Waals surface area contributed by atoms with E-state index in [4.69, 9.17) is 14.2 Å². The number of amides is 1. The Morgan fingerprint density at radius 2 is 2.14 bits per heavy atom. The van der Waals surface area contributed by atoms with Crippen molar-refractivity contribution >= 4 is 5.91 Å². The Bertz CT molecular complexity index is 539. The van der Waals surface area contributed by atoms with Gasteiger partial charge in [0.25, 0.3) is 0 Å². The highest BCUT2D eigenvalue weighted by Crippen LogP contribution is 2.39. The zero-order valence-corrected chi connectivity index (χ0v) is 13.2. The van der Waals surface area contributed by atoms with Gasteiger partial charge in [0.05, 0.1) is 32.8 Å². The molecule has 1 aromatic carbocycles. The highest BCUT2D eigenvalue weighted by atomic mass is 16.5. The molecule has 5 heteroatoms. The van der Waals surface area contributed by atoms with Crippen LogP contribution in [0.5, 0.6) is 11.5 Å². The third-order valence-electron chi connectivity index (χ3n) is 4.61. The second-order valence-corrected chi connectivity index (χ2v) is 5.86. The van der Waals surface area contributed by atoms with Gasteiger partial charge in [-0.25, -0.2) is 0 Å². The van der Waals surface area contributed by atoms with E-state index in [9.17, 15) is 4.79 Å². The lowest BCUT2D eigenvalue weighted by Crippen LogP contribution is -2.36. The minimum Gasteiger partial charge on any atom is -0.497 e. The van der Waals surface area contributed by atoms with Gasteiger partial charge in [-0.1, -0.05) is 0 Å². The van der Waals surface area contributed by atoms with Crippen molar-refractivity contribution in [3.8, 4) is 11.5 Å². The molecule has 0 aliphatic carbocycles. The molecule has 2 fully saturated rings. The van der Waals surface area contributed by atoms with Crippen LogP contribution in [0.4, 0.5) is 0 Å². The summed E-state index contributed by atoms with van der Waals surface area (Å²) >= 11 is 0. The maximum atomic E-state index is 12.7. The Morgan fingerprint density at radius 1 is 1.27 bits per heavy atom. The van der Waals surface area contributed by atoms with Gasteiger partial charge in [-0.2, -0.15) is 0 Å². The molecule has 2 aliphatic heterocycles.